The van der Waals surface area contributed by atoms with E-state index in [0.717, 1.165) is 25.9 Å². The van der Waals surface area contributed by atoms with Crippen LogP contribution in [0.2, 0.25) is 0 Å². The molecule has 1 aromatic rings. The Labute approximate surface area is 117 Å². The first-order valence-electron chi connectivity index (χ1n) is 7.12. The zero-order valence-corrected chi connectivity index (χ0v) is 11.4. The van der Waals surface area contributed by atoms with E-state index in [1.54, 1.807) is 11.0 Å². The Bertz CT molecular complexity index is 487. The van der Waals surface area contributed by atoms with Crippen LogP contribution in [0.25, 0.3) is 0 Å². The van der Waals surface area contributed by atoms with Gasteiger partial charge in [0.25, 0.3) is 0 Å². The van der Waals surface area contributed by atoms with Gasteiger partial charge in [0.15, 0.2) is 0 Å². The van der Waals surface area contributed by atoms with E-state index in [2.05, 4.69) is 15.4 Å². The summed E-state index contributed by atoms with van der Waals surface area (Å²) in [7, 11) is 0. The van der Waals surface area contributed by atoms with Gasteiger partial charge >= 0.3 is 0 Å². The lowest BCUT2D eigenvalue weighted by molar-refractivity contribution is -0.135. The van der Waals surface area contributed by atoms with Crippen molar-refractivity contribution in [1.29, 1.82) is 0 Å². The predicted molar refractivity (Wildman–Crippen MR) is 70.5 cm³/mol. The summed E-state index contributed by atoms with van der Waals surface area (Å²) in [4.78, 5) is 29.4. The molecule has 0 spiro atoms. The average Bonchev–Trinajstić information content (AvgIpc) is 2.97. The normalized spacial score (nSPS) is 26.0. The SMILES string of the molecule is O=C1CCC2CN(C(=O)CCn3cncn3)CCC2N1. The van der Waals surface area contributed by atoms with Gasteiger partial charge in [-0.2, -0.15) is 5.10 Å². The van der Waals surface area contributed by atoms with Gasteiger partial charge in [0.05, 0.1) is 6.54 Å². The molecular formula is C13H19N5O2. The molecule has 2 aliphatic heterocycles. The average molecular weight is 277 g/mol. The van der Waals surface area contributed by atoms with Crippen molar-refractivity contribution < 1.29 is 9.59 Å². The van der Waals surface area contributed by atoms with Crippen molar-refractivity contribution in [3.63, 3.8) is 0 Å². The van der Waals surface area contributed by atoms with Gasteiger partial charge in [-0.15, -0.1) is 0 Å². The fourth-order valence-corrected chi connectivity index (χ4v) is 3.05. The topological polar surface area (TPSA) is 80.1 Å². The largest absolute Gasteiger partial charge is 0.353 e. The molecule has 3 heterocycles. The molecule has 0 bridgehead atoms. The summed E-state index contributed by atoms with van der Waals surface area (Å²) in [6.07, 6.45) is 5.89. The molecule has 2 amide bonds. The predicted octanol–water partition coefficient (Wildman–Crippen LogP) is -0.205. The van der Waals surface area contributed by atoms with Crippen LogP contribution in [0.1, 0.15) is 25.7 Å². The molecule has 0 saturated carbocycles. The number of aromatic nitrogens is 3. The summed E-state index contributed by atoms with van der Waals surface area (Å²) < 4.78 is 1.67. The van der Waals surface area contributed by atoms with Crippen LogP contribution in [0, 0.1) is 5.92 Å². The van der Waals surface area contributed by atoms with Crippen molar-refractivity contribution >= 4 is 11.8 Å². The quantitative estimate of drug-likeness (QED) is 0.829. The number of carbonyl (C=O) groups is 2. The Morgan fingerprint density at radius 1 is 1.45 bits per heavy atom. The zero-order valence-electron chi connectivity index (χ0n) is 11.4. The molecule has 2 unspecified atom stereocenters. The number of hydrogen-bond donors (Lipinski definition) is 1. The second-order valence-electron chi connectivity index (χ2n) is 5.51. The third-order valence-electron chi connectivity index (χ3n) is 4.20. The molecule has 2 saturated heterocycles. The number of likely N-dealkylation sites (tertiary alicyclic amines) is 1. The van der Waals surface area contributed by atoms with Crippen molar-refractivity contribution in [2.45, 2.75) is 38.3 Å². The number of carbonyl (C=O) groups excluding carboxylic acids is 2. The minimum atomic E-state index is 0.150. The molecule has 108 valence electrons. The summed E-state index contributed by atoms with van der Waals surface area (Å²) in [5.41, 5.74) is 0. The van der Waals surface area contributed by atoms with Crippen molar-refractivity contribution in [1.82, 2.24) is 25.0 Å². The van der Waals surface area contributed by atoms with Crippen LogP contribution in [-0.2, 0) is 16.1 Å². The Morgan fingerprint density at radius 3 is 3.15 bits per heavy atom. The van der Waals surface area contributed by atoms with Crippen molar-refractivity contribution in [2.75, 3.05) is 13.1 Å². The van der Waals surface area contributed by atoms with E-state index >= 15 is 0 Å². The van der Waals surface area contributed by atoms with Gasteiger partial charge in [-0.3, -0.25) is 14.3 Å². The van der Waals surface area contributed by atoms with Crippen LogP contribution in [-0.4, -0.2) is 50.6 Å². The van der Waals surface area contributed by atoms with Crippen molar-refractivity contribution in [3.05, 3.63) is 12.7 Å². The number of amides is 2. The van der Waals surface area contributed by atoms with Crippen molar-refractivity contribution in [2.24, 2.45) is 5.92 Å². The molecule has 2 fully saturated rings. The highest BCUT2D eigenvalue weighted by Gasteiger charge is 2.34. The summed E-state index contributed by atoms with van der Waals surface area (Å²) in [5, 5.41) is 7.03. The first kappa shape index (κ1) is 13.1. The molecular weight excluding hydrogens is 258 g/mol. The highest BCUT2D eigenvalue weighted by Crippen LogP contribution is 2.25. The van der Waals surface area contributed by atoms with Crippen LogP contribution in [0.15, 0.2) is 12.7 Å². The Balaban J connectivity index is 1.51. The molecule has 7 nitrogen and oxygen atoms in total. The first-order chi connectivity index (χ1) is 9.72. The molecule has 0 radical (unpaired) electrons. The second kappa shape index (κ2) is 5.60. The van der Waals surface area contributed by atoms with Crippen LogP contribution >= 0.6 is 0 Å². The molecule has 0 aromatic carbocycles. The Morgan fingerprint density at radius 2 is 2.35 bits per heavy atom. The van der Waals surface area contributed by atoms with E-state index < -0.39 is 0 Å². The lowest BCUT2D eigenvalue weighted by Gasteiger charge is -2.41. The van der Waals surface area contributed by atoms with E-state index in [9.17, 15) is 9.59 Å². The van der Waals surface area contributed by atoms with E-state index in [-0.39, 0.29) is 17.9 Å². The third kappa shape index (κ3) is 2.81. The van der Waals surface area contributed by atoms with E-state index in [1.807, 2.05) is 4.90 Å². The van der Waals surface area contributed by atoms with Gasteiger partial charge in [-0.05, 0) is 18.8 Å². The summed E-state index contributed by atoms with van der Waals surface area (Å²) >= 11 is 0. The number of fused-ring (bicyclic) bond motifs is 1. The highest BCUT2D eigenvalue weighted by molar-refractivity contribution is 5.78. The van der Waals surface area contributed by atoms with Gasteiger partial charge in [0.1, 0.15) is 12.7 Å². The van der Waals surface area contributed by atoms with Gasteiger partial charge < -0.3 is 10.2 Å². The number of nitrogens with one attached hydrogen (secondary N) is 1. The number of aryl methyl sites for hydroxylation is 1. The minimum Gasteiger partial charge on any atom is -0.353 e. The molecule has 7 heteroatoms. The van der Waals surface area contributed by atoms with Crippen LogP contribution in [0.3, 0.4) is 0 Å². The number of hydrogen-bond acceptors (Lipinski definition) is 4. The van der Waals surface area contributed by atoms with E-state index in [4.69, 9.17) is 0 Å². The van der Waals surface area contributed by atoms with Gasteiger partial charge in [0.2, 0.25) is 11.8 Å². The first-order valence-corrected chi connectivity index (χ1v) is 7.12. The van der Waals surface area contributed by atoms with Gasteiger partial charge in [-0.1, -0.05) is 0 Å². The molecule has 3 rings (SSSR count). The third-order valence-corrected chi connectivity index (χ3v) is 4.20. The maximum absolute atomic E-state index is 12.2. The van der Waals surface area contributed by atoms with Crippen molar-refractivity contribution in [3.8, 4) is 0 Å². The summed E-state index contributed by atoms with van der Waals surface area (Å²) in [6, 6.07) is 0.260. The Hall–Kier alpha value is -1.92. The smallest absolute Gasteiger partial charge is 0.224 e. The second-order valence-corrected chi connectivity index (χ2v) is 5.51. The number of piperidine rings is 2. The fraction of sp³-hybridized carbons (Fsp3) is 0.692. The van der Waals surface area contributed by atoms with Crippen LogP contribution in [0.4, 0.5) is 0 Å². The lowest BCUT2D eigenvalue weighted by Crippen LogP contribution is -2.55. The molecule has 1 N–H and O–H groups in total. The van der Waals surface area contributed by atoms with Gasteiger partial charge in [-0.25, -0.2) is 4.98 Å². The molecule has 0 aliphatic carbocycles. The standard InChI is InChI=1S/C13H19N5O2/c19-12-2-1-10-7-17(5-3-11(10)16-12)13(20)4-6-18-9-14-8-15-18/h8-11H,1-7H2,(H,16,19). The summed E-state index contributed by atoms with van der Waals surface area (Å²) in [6.45, 7) is 2.07. The molecule has 2 atom stereocenters. The molecule has 1 aromatic heterocycles. The number of nitrogens with zero attached hydrogens (tertiary/aromatic N) is 4. The monoisotopic (exact) mass is 277 g/mol. The molecule has 20 heavy (non-hydrogen) atoms. The fourth-order valence-electron chi connectivity index (χ4n) is 3.05. The lowest BCUT2D eigenvalue weighted by atomic mass is 9.85. The maximum Gasteiger partial charge on any atom is 0.224 e. The van der Waals surface area contributed by atoms with Gasteiger partial charge in [0, 0.05) is 32.0 Å². The van der Waals surface area contributed by atoms with Crippen LogP contribution in [0.5, 0.6) is 0 Å². The van der Waals surface area contributed by atoms with E-state index in [0.29, 0.717) is 25.3 Å². The van der Waals surface area contributed by atoms with E-state index in [1.165, 1.54) is 6.33 Å². The highest BCUT2D eigenvalue weighted by atomic mass is 16.2. The minimum absolute atomic E-state index is 0.150. The van der Waals surface area contributed by atoms with Crippen LogP contribution < -0.4 is 5.32 Å². The zero-order chi connectivity index (χ0) is 13.9. The Kier molecular flexibility index (Phi) is 3.66. The molecule has 2 aliphatic rings. The maximum atomic E-state index is 12.2. The number of rotatable bonds is 3. The summed E-state index contributed by atoms with van der Waals surface area (Å²) in [5.74, 6) is 0.727.